The Morgan fingerprint density at radius 3 is 2.62 bits per heavy atom. The van der Waals surface area contributed by atoms with Gasteiger partial charge >= 0.3 is 0 Å². The van der Waals surface area contributed by atoms with Crippen molar-refractivity contribution in [1.82, 2.24) is 9.88 Å². The van der Waals surface area contributed by atoms with Gasteiger partial charge in [0.25, 0.3) is 5.91 Å². The van der Waals surface area contributed by atoms with Gasteiger partial charge < -0.3 is 9.64 Å². The zero-order valence-electron chi connectivity index (χ0n) is 11.8. The maximum Gasteiger partial charge on any atom is 0.259 e. The topological polar surface area (TPSA) is 42.4 Å². The summed E-state index contributed by atoms with van der Waals surface area (Å²) in [5.41, 5.74) is 1.10. The Morgan fingerprint density at radius 2 is 2.05 bits per heavy atom. The molecule has 0 unspecified atom stereocenters. The highest BCUT2D eigenvalue weighted by molar-refractivity contribution is 7.09. The van der Waals surface area contributed by atoms with E-state index in [4.69, 9.17) is 27.9 Å². The number of hydrogen-bond acceptors (Lipinski definition) is 4. The molecule has 0 atom stereocenters. The molecule has 21 heavy (non-hydrogen) atoms. The Balaban J connectivity index is 2.29. The largest absolute Gasteiger partial charge is 0.494 e. The first-order chi connectivity index (χ1) is 9.93. The fourth-order valence-corrected chi connectivity index (χ4v) is 2.99. The number of ether oxygens (including phenoxy) is 1. The number of rotatable bonds is 4. The van der Waals surface area contributed by atoms with Crippen LogP contribution in [0.2, 0.25) is 10.0 Å². The molecule has 4 nitrogen and oxygen atoms in total. The van der Waals surface area contributed by atoms with Crippen LogP contribution in [0.1, 0.15) is 21.1 Å². The van der Waals surface area contributed by atoms with Crippen molar-refractivity contribution in [2.45, 2.75) is 13.5 Å². The van der Waals surface area contributed by atoms with Crippen LogP contribution in [0.4, 0.5) is 0 Å². The second-order valence-electron chi connectivity index (χ2n) is 4.46. The fraction of sp³-hybridized carbons (Fsp3) is 0.286. The van der Waals surface area contributed by atoms with E-state index in [0.717, 1.165) is 10.7 Å². The molecule has 0 N–H and O–H groups in total. The van der Waals surface area contributed by atoms with Crippen molar-refractivity contribution in [3.8, 4) is 5.75 Å². The van der Waals surface area contributed by atoms with E-state index >= 15 is 0 Å². The van der Waals surface area contributed by atoms with Crippen LogP contribution in [-0.2, 0) is 6.54 Å². The number of hydrogen-bond donors (Lipinski definition) is 0. The van der Waals surface area contributed by atoms with E-state index in [1.165, 1.54) is 12.0 Å². The lowest BCUT2D eigenvalue weighted by atomic mass is 10.1. The summed E-state index contributed by atoms with van der Waals surface area (Å²) in [6.07, 6.45) is 0. The summed E-state index contributed by atoms with van der Waals surface area (Å²) in [7, 11) is 3.14. The summed E-state index contributed by atoms with van der Waals surface area (Å²) in [5, 5.41) is 3.55. The Morgan fingerprint density at radius 1 is 1.38 bits per heavy atom. The van der Waals surface area contributed by atoms with Crippen molar-refractivity contribution in [3.63, 3.8) is 0 Å². The second kappa shape index (κ2) is 6.64. The first kappa shape index (κ1) is 16.1. The van der Waals surface area contributed by atoms with E-state index in [1.807, 2.05) is 12.3 Å². The third-order valence-electron chi connectivity index (χ3n) is 2.89. The zero-order valence-corrected chi connectivity index (χ0v) is 14.1. The van der Waals surface area contributed by atoms with Crippen molar-refractivity contribution in [2.24, 2.45) is 0 Å². The van der Waals surface area contributed by atoms with Crippen LogP contribution >= 0.6 is 34.5 Å². The SMILES string of the molecule is COc1c(Cl)ccc(Cl)c1C(=O)N(C)Cc1csc(C)n1. The van der Waals surface area contributed by atoms with Gasteiger partial charge in [-0.15, -0.1) is 11.3 Å². The third-order valence-corrected chi connectivity index (χ3v) is 4.32. The molecule has 1 heterocycles. The number of aryl methyl sites for hydroxylation is 1. The van der Waals surface area contributed by atoms with Crippen molar-refractivity contribution >= 4 is 40.4 Å². The van der Waals surface area contributed by atoms with Crippen LogP contribution in [0.25, 0.3) is 0 Å². The van der Waals surface area contributed by atoms with Crippen molar-refractivity contribution in [2.75, 3.05) is 14.2 Å². The first-order valence-corrected chi connectivity index (χ1v) is 7.76. The summed E-state index contributed by atoms with van der Waals surface area (Å²) >= 11 is 13.7. The number of halogens is 2. The quantitative estimate of drug-likeness (QED) is 0.840. The Kier molecular flexibility index (Phi) is 5.08. The van der Waals surface area contributed by atoms with Crippen molar-refractivity contribution in [1.29, 1.82) is 0 Å². The van der Waals surface area contributed by atoms with E-state index < -0.39 is 0 Å². The van der Waals surface area contributed by atoms with Crippen LogP contribution in [0.5, 0.6) is 5.75 Å². The second-order valence-corrected chi connectivity index (χ2v) is 6.33. The van der Waals surface area contributed by atoms with E-state index in [0.29, 0.717) is 16.6 Å². The number of nitrogens with zero attached hydrogens (tertiary/aromatic N) is 2. The maximum absolute atomic E-state index is 12.6. The molecule has 0 saturated heterocycles. The number of carbonyl (C=O) groups is 1. The third kappa shape index (κ3) is 3.48. The van der Waals surface area contributed by atoms with Crippen LogP contribution in [0, 0.1) is 6.92 Å². The maximum atomic E-state index is 12.6. The van der Waals surface area contributed by atoms with E-state index in [-0.39, 0.29) is 17.2 Å². The average Bonchev–Trinajstić information content (AvgIpc) is 2.85. The standard InChI is InChI=1S/C14H14Cl2N2O2S/c1-8-17-9(7-21-8)6-18(2)14(19)12-10(15)4-5-11(16)13(12)20-3/h4-5,7H,6H2,1-3H3. The average molecular weight is 345 g/mol. The summed E-state index contributed by atoms with van der Waals surface area (Å²) in [4.78, 5) is 18.5. The van der Waals surface area contributed by atoms with Gasteiger partial charge in [0.1, 0.15) is 5.56 Å². The Labute approximate surface area is 137 Å². The molecule has 0 bridgehead atoms. The smallest absolute Gasteiger partial charge is 0.259 e. The number of carbonyl (C=O) groups excluding carboxylic acids is 1. The minimum absolute atomic E-state index is 0.259. The molecule has 0 saturated carbocycles. The van der Waals surface area contributed by atoms with Crippen LogP contribution in [0.15, 0.2) is 17.5 Å². The molecule has 0 radical (unpaired) electrons. The molecule has 0 aliphatic rings. The van der Waals surface area contributed by atoms with Gasteiger partial charge in [0.05, 0.1) is 34.4 Å². The molecule has 7 heteroatoms. The molecular weight excluding hydrogens is 331 g/mol. The molecular formula is C14H14Cl2N2O2S. The molecule has 1 amide bonds. The van der Waals surface area contributed by atoms with Gasteiger partial charge in [0.2, 0.25) is 0 Å². The highest BCUT2D eigenvalue weighted by Gasteiger charge is 2.23. The lowest BCUT2D eigenvalue weighted by Gasteiger charge is -2.19. The molecule has 0 aliphatic heterocycles. The number of aromatic nitrogens is 1. The van der Waals surface area contributed by atoms with Gasteiger partial charge in [-0.25, -0.2) is 4.98 Å². The van der Waals surface area contributed by atoms with Gasteiger partial charge in [-0.05, 0) is 19.1 Å². The Hall–Kier alpha value is -1.30. The molecule has 1 aromatic heterocycles. The summed E-state index contributed by atoms with van der Waals surface area (Å²) in [6.45, 7) is 2.32. The van der Waals surface area contributed by atoms with Gasteiger partial charge in [0.15, 0.2) is 5.75 Å². The predicted molar refractivity (Wildman–Crippen MR) is 85.7 cm³/mol. The highest BCUT2D eigenvalue weighted by atomic mass is 35.5. The van der Waals surface area contributed by atoms with E-state index in [2.05, 4.69) is 4.98 Å². The fourth-order valence-electron chi connectivity index (χ4n) is 1.92. The monoisotopic (exact) mass is 344 g/mol. The summed E-state index contributed by atoms with van der Waals surface area (Å²) in [6, 6.07) is 3.18. The lowest BCUT2D eigenvalue weighted by Crippen LogP contribution is -2.27. The lowest BCUT2D eigenvalue weighted by molar-refractivity contribution is 0.0780. The minimum Gasteiger partial charge on any atom is -0.494 e. The number of benzene rings is 1. The molecule has 0 spiro atoms. The number of thiazole rings is 1. The molecule has 2 rings (SSSR count). The van der Waals surface area contributed by atoms with Crippen molar-refractivity contribution in [3.05, 3.63) is 43.8 Å². The van der Waals surface area contributed by atoms with Crippen LogP contribution in [0.3, 0.4) is 0 Å². The van der Waals surface area contributed by atoms with Gasteiger partial charge in [-0.3, -0.25) is 4.79 Å². The van der Waals surface area contributed by atoms with E-state index in [9.17, 15) is 4.79 Å². The Bertz CT molecular complexity index is 673. The molecule has 2 aromatic rings. The van der Waals surface area contributed by atoms with Gasteiger partial charge in [0, 0.05) is 12.4 Å². The van der Waals surface area contributed by atoms with Gasteiger partial charge in [-0.1, -0.05) is 23.2 Å². The molecule has 1 aromatic carbocycles. The molecule has 112 valence electrons. The van der Waals surface area contributed by atoms with Gasteiger partial charge in [-0.2, -0.15) is 0 Å². The van der Waals surface area contributed by atoms with Crippen molar-refractivity contribution < 1.29 is 9.53 Å². The minimum atomic E-state index is -0.259. The first-order valence-electron chi connectivity index (χ1n) is 6.12. The molecule has 0 aliphatic carbocycles. The predicted octanol–water partition coefficient (Wildman–Crippen LogP) is 4.04. The zero-order chi connectivity index (χ0) is 15.6. The van der Waals surface area contributed by atoms with Crippen LogP contribution in [-0.4, -0.2) is 29.9 Å². The normalized spacial score (nSPS) is 10.5. The van der Waals surface area contributed by atoms with E-state index in [1.54, 1.807) is 30.5 Å². The summed E-state index contributed by atoms with van der Waals surface area (Å²) < 4.78 is 5.21. The highest BCUT2D eigenvalue weighted by Crippen LogP contribution is 2.34. The molecule has 0 fully saturated rings. The number of methoxy groups -OCH3 is 1. The van der Waals surface area contributed by atoms with Crippen LogP contribution < -0.4 is 4.74 Å². The summed E-state index contributed by atoms with van der Waals surface area (Å²) in [5.74, 6) is 0.0282. The number of amides is 1.